The van der Waals surface area contributed by atoms with E-state index in [4.69, 9.17) is 0 Å². The Labute approximate surface area is 786 Å². The van der Waals surface area contributed by atoms with E-state index in [9.17, 15) is 0 Å². The van der Waals surface area contributed by atoms with Crippen LogP contribution in [0, 0.1) is 0 Å². The van der Waals surface area contributed by atoms with Gasteiger partial charge in [0.1, 0.15) is 0 Å². The number of hydrogen-bond acceptors (Lipinski definition) is 6. The maximum absolute atomic E-state index is 2.54. The maximum atomic E-state index is 2.54. The Kier molecular flexibility index (Phi) is 17.9. The topological polar surface area (TPSA) is 13.0 Å². The molecule has 0 saturated heterocycles. The minimum absolute atomic E-state index is 0.639. The molecule has 2 spiro atoms. The first-order chi connectivity index (χ1) is 66.5. The predicted molar refractivity (Wildman–Crippen MR) is 565 cm³/mol. The fraction of sp³-hybridized carbons (Fsp3) is 0.0156. The molecule has 0 fully saturated rings. The molecular formula is C128H82N4S2. The van der Waals surface area contributed by atoms with Crippen molar-refractivity contribution in [1.29, 1.82) is 0 Å². The van der Waals surface area contributed by atoms with Crippen LogP contribution in [0.3, 0.4) is 0 Å². The summed E-state index contributed by atoms with van der Waals surface area (Å²) in [5.74, 6) is 0. The van der Waals surface area contributed by atoms with Crippen LogP contribution in [0.5, 0.6) is 0 Å². The van der Waals surface area contributed by atoms with E-state index in [1.807, 2.05) is 22.7 Å². The lowest BCUT2D eigenvalue weighted by Crippen LogP contribution is -2.28. The van der Waals surface area contributed by atoms with Crippen LogP contribution in [0.4, 0.5) is 68.2 Å². The summed E-state index contributed by atoms with van der Waals surface area (Å²) in [7, 11) is 0. The molecule has 4 aliphatic carbocycles. The van der Waals surface area contributed by atoms with Gasteiger partial charge in [0.15, 0.2) is 0 Å². The largest absolute Gasteiger partial charge is 0.310 e. The van der Waals surface area contributed by atoms with Crippen LogP contribution in [0.2, 0.25) is 0 Å². The van der Waals surface area contributed by atoms with Crippen molar-refractivity contribution < 1.29 is 0 Å². The second-order valence-electron chi connectivity index (χ2n) is 35.6. The standard InChI is InChI=1S/C128H82N4S2/c1-5-30-83(31-6-1)85-60-68-95(69-61-85)129(99-76-78-112-108(81-99)103-46-17-21-51-110(103)128(112)122-107(125-124(128)106-49-20-24-59-120(106)133-125)50-28-57-118(122)132(94-42-11-4-12-43-94)116-55-27-37-90-35-14-16-45-102(90)116)97-72-64-87(65-73-97)91-38-25-39-92(80-91)88-66-74-98(75-67-88)130(96-70-62-86(63-71-96)84-32-7-2-8-33-84)100-77-79-113-109(82-100)126-123(105-48-19-23-58-119(105)134-126)127(113)111-52-22-18-47-104(111)121-114(127)53-29-56-117(121)131(93-40-9-3-10-41-93)115-54-26-36-89-34-13-15-44-101(89)115/h1-82H. The number of nitrogens with zero attached hydrogens (tertiary/aromatic N) is 4. The molecule has 27 rings (SSSR count). The van der Waals surface area contributed by atoms with Crippen molar-refractivity contribution in [3.05, 3.63) is 542 Å². The number of hydrogen-bond donors (Lipinski definition) is 0. The van der Waals surface area contributed by atoms with E-state index in [2.05, 4.69) is 517 Å². The summed E-state index contributed by atoms with van der Waals surface area (Å²) >= 11 is 3.85. The van der Waals surface area contributed by atoms with Crippen LogP contribution >= 0.6 is 22.7 Å². The monoisotopic (exact) mass is 1740 g/mol. The van der Waals surface area contributed by atoms with Crippen LogP contribution in [0.1, 0.15) is 44.5 Å². The number of para-hydroxylation sites is 2. The second-order valence-corrected chi connectivity index (χ2v) is 37.7. The highest BCUT2D eigenvalue weighted by Crippen LogP contribution is 2.71. The van der Waals surface area contributed by atoms with Crippen molar-refractivity contribution in [1.82, 2.24) is 0 Å². The lowest BCUT2D eigenvalue weighted by molar-refractivity contribution is 0.802. The van der Waals surface area contributed by atoms with Crippen molar-refractivity contribution in [3.8, 4) is 87.6 Å². The Morgan fingerprint density at radius 2 is 0.485 bits per heavy atom. The molecule has 21 aromatic carbocycles. The van der Waals surface area contributed by atoms with Crippen molar-refractivity contribution in [2.24, 2.45) is 0 Å². The van der Waals surface area contributed by atoms with Gasteiger partial charge < -0.3 is 19.6 Å². The van der Waals surface area contributed by atoms with E-state index in [-0.39, 0.29) is 0 Å². The molecule has 4 aliphatic rings. The molecule has 2 unspecified atom stereocenters. The molecule has 0 saturated carbocycles. The van der Waals surface area contributed by atoms with Gasteiger partial charge in [-0.1, -0.05) is 358 Å². The molecule has 0 aliphatic heterocycles. The predicted octanol–water partition coefficient (Wildman–Crippen LogP) is 35.7. The van der Waals surface area contributed by atoms with E-state index < -0.39 is 10.8 Å². The van der Waals surface area contributed by atoms with Crippen LogP contribution < -0.4 is 19.6 Å². The average molecular weight is 1740 g/mol. The molecule has 2 heterocycles. The van der Waals surface area contributed by atoms with E-state index in [1.54, 1.807) is 0 Å². The van der Waals surface area contributed by atoms with Gasteiger partial charge in [-0.25, -0.2) is 0 Å². The smallest absolute Gasteiger partial charge is 0.0760 e. The Morgan fingerprint density at radius 3 is 1.01 bits per heavy atom. The number of fused-ring (bicyclic) bond motifs is 26. The molecule has 2 atom stereocenters. The molecule has 6 heteroatoms. The fourth-order valence-electron chi connectivity index (χ4n) is 23.0. The quantitative estimate of drug-likeness (QED) is 0.0956. The molecule has 4 nitrogen and oxygen atoms in total. The first-order valence-corrected chi connectivity index (χ1v) is 47.8. The summed E-state index contributed by atoms with van der Waals surface area (Å²) in [5, 5.41) is 7.38. The zero-order valence-corrected chi connectivity index (χ0v) is 74.6. The number of rotatable bonds is 16. The van der Waals surface area contributed by atoms with Gasteiger partial charge in [-0.15, -0.1) is 22.7 Å². The van der Waals surface area contributed by atoms with Crippen LogP contribution in [-0.4, -0.2) is 0 Å². The van der Waals surface area contributed by atoms with E-state index in [1.165, 1.54) is 152 Å². The minimum atomic E-state index is -0.696. The summed E-state index contributed by atoms with van der Waals surface area (Å²) < 4.78 is 2.57. The second kappa shape index (κ2) is 31.0. The third-order valence-corrected chi connectivity index (χ3v) is 31.0. The highest BCUT2D eigenvalue weighted by atomic mass is 32.1. The van der Waals surface area contributed by atoms with Crippen LogP contribution in [0.15, 0.2) is 497 Å². The zero-order valence-electron chi connectivity index (χ0n) is 72.9. The van der Waals surface area contributed by atoms with E-state index in [0.29, 0.717) is 0 Å². The van der Waals surface area contributed by atoms with Gasteiger partial charge in [-0.3, -0.25) is 0 Å². The SMILES string of the molecule is c1ccc(-c2ccc(N(c3ccc(-c4cccc(-c5ccc(N(c6ccc(-c7ccccc7)cc6)c6ccc7c(c6)-c6ccccc6C76c7c(cccc7N(c7ccccc7)c7cccc8ccccc78)-c7sc8ccccc8c76)cc5)c4)cc3)c3ccc4c(c3)-c3sc5ccccc5c3C43c4ccccc4-c4c(N(c5ccccc5)c5cccc6ccccc56)cccc43)cc2)cc1. The van der Waals surface area contributed by atoms with Crippen molar-refractivity contribution >= 4 is 133 Å². The van der Waals surface area contributed by atoms with Crippen LogP contribution in [0.25, 0.3) is 129 Å². The van der Waals surface area contributed by atoms with E-state index in [0.717, 1.165) is 90.5 Å². The fourth-order valence-corrected chi connectivity index (χ4v) is 25.6. The van der Waals surface area contributed by atoms with Gasteiger partial charge >= 0.3 is 0 Å². The molecular weight excluding hydrogens is 1660 g/mol. The zero-order chi connectivity index (χ0) is 88.1. The van der Waals surface area contributed by atoms with E-state index >= 15 is 0 Å². The Hall–Kier alpha value is -16.7. The third kappa shape index (κ3) is 11.8. The van der Waals surface area contributed by atoms with Gasteiger partial charge in [-0.2, -0.15) is 0 Å². The number of thiophene rings is 2. The molecule has 626 valence electrons. The lowest BCUT2D eigenvalue weighted by atomic mass is 9.69. The molecule has 0 radical (unpaired) electrons. The molecule has 2 aromatic heterocycles. The summed E-state index contributed by atoms with van der Waals surface area (Å²) in [6.07, 6.45) is 0. The minimum Gasteiger partial charge on any atom is -0.310 e. The highest BCUT2D eigenvalue weighted by Gasteiger charge is 2.57. The summed E-state index contributed by atoms with van der Waals surface area (Å²) in [6, 6.07) is 186. The van der Waals surface area contributed by atoms with Crippen molar-refractivity contribution in [3.63, 3.8) is 0 Å². The first kappa shape index (κ1) is 77.2. The normalized spacial score (nSPS) is 14.3. The van der Waals surface area contributed by atoms with Gasteiger partial charge in [0.05, 0.1) is 33.6 Å². The van der Waals surface area contributed by atoms with Crippen molar-refractivity contribution in [2.45, 2.75) is 10.8 Å². The Morgan fingerprint density at radius 1 is 0.164 bits per heavy atom. The lowest BCUT2D eigenvalue weighted by Gasteiger charge is -2.36. The Bertz CT molecular complexity index is 8610. The number of benzene rings is 21. The number of anilines is 12. The average Bonchev–Trinajstić information content (AvgIpc) is 1.49. The third-order valence-electron chi connectivity index (χ3n) is 28.6. The summed E-state index contributed by atoms with van der Waals surface area (Å²) in [5.41, 5.74) is 39.1. The van der Waals surface area contributed by atoms with Gasteiger partial charge in [-0.05, 0) is 272 Å². The maximum Gasteiger partial charge on any atom is 0.0760 e. The highest BCUT2D eigenvalue weighted by molar-refractivity contribution is 7.23. The first-order valence-electron chi connectivity index (χ1n) is 46.2. The van der Waals surface area contributed by atoms with Crippen LogP contribution in [-0.2, 0) is 10.8 Å². The van der Waals surface area contributed by atoms with Crippen molar-refractivity contribution in [2.75, 3.05) is 19.6 Å². The van der Waals surface area contributed by atoms with Gasteiger partial charge in [0.25, 0.3) is 0 Å². The molecule has 0 N–H and O–H groups in total. The molecule has 134 heavy (non-hydrogen) atoms. The molecule has 0 bridgehead atoms. The molecule has 23 aromatic rings. The summed E-state index contributed by atoms with van der Waals surface area (Å²) in [4.78, 5) is 12.6. The summed E-state index contributed by atoms with van der Waals surface area (Å²) in [6.45, 7) is 0. The Balaban J connectivity index is 0.564. The van der Waals surface area contributed by atoms with Gasteiger partial charge in [0, 0.05) is 86.6 Å². The van der Waals surface area contributed by atoms with Gasteiger partial charge in [0.2, 0.25) is 0 Å². The molecule has 0 amide bonds.